The lowest BCUT2D eigenvalue weighted by molar-refractivity contribution is 0.0213. The zero-order valence-corrected chi connectivity index (χ0v) is 15.7. The van der Waals surface area contributed by atoms with Crippen molar-refractivity contribution in [3.05, 3.63) is 0 Å². The van der Waals surface area contributed by atoms with Gasteiger partial charge in [0.2, 0.25) is 0 Å². The molecule has 1 aliphatic heterocycles. The summed E-state index contributed by atoms with van der Waals surface area (Å²) in [6.07, 6.45) is 8.41. The number of likely N-dealkylation sites (tertiary alicyclic amines) is 1. The minimum Gasteiger partial charge on any atom is -0.444 e. The van der Waals surface area contributed by atoms with Crippen LogP contribution in [0.5, 0.6) is 0 Å². The first-order valence-corrected chi connectivity index (χ1v) is 9.50. The van der Waals surface area contributed by atoms with E-state index in [0.29, 0.717) is 18.1 Å². The molecule has 0 spiro atoms. The highest BCUT2D eigenvalue weighted by Gasteiger charge is 2.33. The van der Waals surface area contributed by atoms with Crippen molar-refractivity contribution >= 4 is 6.09 Å². The molecule has 4 heteroatoms. The second-order valence-electron chi connectivity index (χ2n) is 8.74. The molecule has 4 atom stereocenters. The second-order valence-corrected chi connectivity index (χ2v) is 8.74. The maximum Gasteiger partial charge on any atom is 0.410 e. The van der Waals surface area contributed by atoms with Crippen LogP contribution in [0.15, 0.2) is 0 Å². The lowest BCUT2D eigenvalue weighted by atomic mass is 9.86. The number of carbonyl (C=O) groups is 1. The lowest BCUT2D eigenvalue weighted by Crippen LogP contribution is -2.45. The van der Waals surface area contributed by atoms with Crippen LogP contribution >= 0.6 is 0 Å². The molecule has 1 amide bonds. The average molecular weight is 325 g/mol. The van der Waals surface area contributed by atoms with Gasteiger partial charge in [0, 0.05) is 24.7 Å². The zero-order valence-electron chi connectivity index (χ0n) is 15.7. The van der Waals surface area contributed by atoms with Gasteiger partial charge in [-0.15, -0.1) is 0 Å². The van der Waals surface area contributed by atoms with Crippen LogP contribution in [0.25, 0.3) is 0 Å². The lowest BCUT2D eigenvalue weighted by Gasteiger charge is -2.33. The topological polar surface area (TPSA) is 41.6 Å². The third-order valence-electron chi connectivity index (χ3n) is 5.09. The Bertz CT molecular complexity index is 391. The molecule has 0 radical (unpaired) electrons. The van der Waals surface area contributed by atoms with Crippen molar-refractivity contribution < 1.29 is 9.53 Å². The molecule has 1 aliphatic carbocycles. The van der Waals surface area contributed by atoms with Crippen LogP contribution in [-0.4, -0.2) is 41.3 Å². The van der Waals surface area contributed by atoms with Crippen LogP contribution in [0.2, 0.25) is 0 Å². The molecule has 0 aromatic carbocycles. The van der Waals surface area contributed by atoms with Gasteiger partial charge in [-0.2, -0.15) is 0 Å². The maximum atomic E-state index is 12.4. The van der Waals surface area contributed by atoms with Gasteiger partial charge in [0.25, 0.3) is 0 Å². The van der Waals surface area contributed by atoms with Crippen LogP contribution in [-0.2, 0) is 4.74 Å². The number of nitrogens with zero attached hydrogens (tertiary/aromatic N) is 1. The third kappa shape index (κ3) is 5.98. The van der Waals surface area contributed by atoms with E-state index >= 15 is 0 Å². The van der Waals surface area contributed by atoms with E-state index in [1.807, 2.05) is 25.7 Å². The highest BCUT2D eigenvalue weighted by atomic mass is 16.6. The molecule has 134 valence electrons. The van der Waals surface area contributed by atoms with Crippen LogP contribution in [0.3, 0.4) is 0 Å². The van der Waals surface area contributed by atoms with Crippen molar-refractivity contribution in [3.63, 3.8) is 0 Å². The molecular weight excluding hydrogens is 288 g/mol. The average Bonchev–Trinajstić information content (AvgIpc) is 2.84. The van der Waals surface area contributed by atoms with Gasteiger partial charge < -0.3 is 15.0 Å². The number of hydrogen-bond donors (Lipinski definition) is 1. The summed E-state index contributed by atoms with van der Waals surface area (Å²) in [5.74, 6) is 0.846. The van der Waals surface area contributed by atoms with E-state index in [9.17, 15) is 4.79 Å². The van der Waals surface area contributed by atoms with Gasteiger partial charge >= 0.3 is 6.09 Å². The second kappa shape index (κ2) is 7.87. The summed E-state index contributed by atoms with van der Waals surface area (Å²) in [7, 11) is 0. The first-order valence-electron chi connectivity index (χ1n) is 9.50. The Labute approximate surface area is 142 Å². The predicted molar refractivity (Wildman–Crippen MR) is 94.6 cm³/mol. The summed E-state index contributed by atoms with van der Waals surface area (Å²) >= 11 is 0. The van der Waals surface area contributed by atoms with Gasteiger partial charge in [0.15, 0.2) is 0 Å². The summed E-state index contributed by atoms with van der Waals surface area (Å²) in [5.41, 5.74) is -0.410. The Kier molecular flexibility index (Phi) is 6.35. The van der Waals surface area contributed by atoms with Crippen molar-refractivity contribution in [1.82, 2.24) is 10.2 Å². The van der Waals surface area contributed by atoms with E-state index in [4.69, 9.17) is 4.74 Å². The SMILES string of the molecule is CC1CCCC(NC(C)CC2CCCN2C(=O)OC(C)(C)C)C1. The standard InChI is InChI=1S/C19H36N2O2/c1-14-8-6-9-16(12-14)20-15(2)13-17-10-7-11-21(17)18(22)23-19(3,4)5/h14-17,20H,6-13H2,1-5H3. The zero-order chi connectivity index (χ0) is 17.0. The van der Waals surface area contributed by atoms with Crippen LogP contribution in [0, 0.1) is 5.92 Å². The summed E-state index contributed by atoms with van der Waals surface area (Å²) < 4.78 is 5.56. The number of ether oxygens (including phenoxy) is 1. The van der Waals surface area contributed by atoms with E-state index in [1.165, 1.54) is 25.7 Å². The van der Waals surface area contributed by atoms with E-state index < -0.39 is 5.60 Å². The van der Waals surface area contributed by atoms with E-state index in [0.717, 1.165) is 31.7 Å². The highest BCUT2D eigenvalue weighted by Crippen LogP contribution is 2.26. The molecule has 1 heterocycles. The Hall–Kier alpha value is -0.770. The molecule has 4 unspecified atom stereocenters. The summed E-state index contributed by atoms with van der Waals surface area (Å²) in [4.78, 5) is 14.3. The Morgan fingerprint density at radius 2 is 2.00 bits per heavy atom. The molecule has 1 saturated heterocycles. The van der Waals surface area contributed by atoms with E-state index in [1.54, 1.807) is 0 Å². The molecular formula is C19H36N2O2. The molecule has 0 aromatic rings. The van der Waals surface area contributed by atoms with Crippen LogP contribution < -0.4 is 5.32 Å². The van der Waals surface area contributed by atoms with Crippen molar-refractivity contribution in [2.24, 2.45) is 5.92 Å². The number of rotatable bonds is 4. The molecule has 0 aromatic heterocycles. The van der Waals surface area contributed by atoms with Crippen molar-refractivity contribution in [3.8, 4) is 0 Å². The molecule has 2 rings (SSSR count). The summed E-state index contributed by atoms with van der Waals surface area (Å²) in [5, 5.41) is 3.81. The van der Waals surface area contributed by atoms with Gasteiger partial charge in [-0.3, -0.25) is 0 Å². The highest BCUT2D eigenvalue weighted by molar-refractivity contribution is 5.68. The van der Waals surface area contributed by atoms with Crippen LogP contribution in [0.4, 0.5) is 4.79 Å². The van der Waals surface area contributed by atoms with Crippen LogP contribution in [0.1, 0.15) is 79.6 Å². The maximum absolute atomic E-state index is 12.4. The number of carbonyl (C=O) groups excluding carboxylic acids is 1. The molecule has 1 saturated carbocycles. The summed E-state index contributed by atoms with van der Waals surface area (Å²) in [6, 6.07) is 1.44. The number of amides is 1. The Balaban J connectivity index is 1.81. The largest absolute Gasteiger partial charge is 0.444 e. The molecule has 1 N–H and O–H groups in total. The first kappa shape index (κ1) is 18.6. The van der Waals surface area contributed by atoms with Gasteiger partial charge in [-0.25, -0.2) is 4.79 Å². The van der Waals surface area contributed by atoms with E-state index in [-0.39, 0.29) is 6.09 Å². The van der Waals surface area contributed by atoms with Crippen molar-refractivity contribution in [2.45, 2.75) is 103 Å². The minimum atomic E-state index is -0.410. The fourth-order valence-corrected chi connectivity index (χ4v) is 4.11. The van der Waals surface area contributed by atoms with Crippen molar-refractivity contribution in [2.75, 3.05) is 6.54 Å². The molecule has 0 bridgehead atoms. The molecule has 2 fully saturated rings. The molecule has 4 nitrogen and oxygen atoms in total. The Morgan fingerprint density at radius 1 is 1.26 bits per heavy atom. The molecule has 23 heavy (non-hydrogen) atoms. The number of hydrogen-bond acceptors (Lipinski definition) is 3. The van der Waals surface area contributed by atoms with Gasteiger partial charge in [-0.05, 0) is 65.7 Å². The number of nitrogens with one attached hydrogen (secondary N) is 1. The smallest absolute Gasteiger partial charge is 0.410 e. The first-order chi connectivity index (χ1) is 10.7. The minimum absolute atomic E-state index is 0.140. The normalized spacial score (nSPS) is 30.3. The fourth-order valence-electron chi connectivity index (χ4n) is 4.11. The van der Waals surface area contributed by atoms with Crippen molar-refractivity contribution in [1.29, 1.82) is 0 Å². The third-order valence-corrected chi connectivity index (χ3v) is 5.09. The fraction of sp³-hybridized carbons (Fsp3) is 0.947. The van der Waals surface area contributed by atoms with Gasteiger partial charge in [0.1, 0.15) is 5.60 Å². The Morgan fingerprint density at radius 3 is 2.65 bits per heavy atom. The molecule has 2 aliphatic rings. The van der Waals surface area contributed by atoms with E-state index in [2.05, 4.69) is 19.2 Å². The predicted octanol–water partition coefficient (Wildman–Crippen LogP) is 4.33. The summed E-state index contributed by atoms with van der Waals surface area (Å²) in [6.45, 7) is 11.3. The monoisotopic (exact) mass is 324 g/mol. The van der Waals surface area contributed by atoms with Gasteiger partial charge in [-0.1, -0.05) is 19.8 Å². The quantitative estimate of drug-likeness (QED) is 0.836. The van der Waals surface area contributed by atoms with Gasteiger partial charge in [0.05, 0.1) is 0 Å².